The Labute approximate surface area is 102 Å². The first kappa shape index (κ1) is 10.8. The fourth-order valence-corrected chi connectivity index (χ4v) is 2.35. The van der Waals surface area contributed by atoms with Crippen LogP contribution in [0, 0.1) is 0 Å². The number of carbonyl (C=O) groups is 2. The highest BCUT2D eigenvalue weighted by Gasteiger charge is 2.21. The zero-order valence-corrected chi connectivity index (χ0v) is 9.60. The van der Waals surface area contributed by atoms with Crippen LogP contribution < -0.4 is 11.2 Å². The van der Waals surface area contributed by atoms with Crippen LogP contribution >= 0.6 is 0 Å². The number of anilines is 1. The van der Waals surface area contributed by atoms with Gasteiger partial charge in [0.05, 0.1) is 17.6 Å². The third-order valence-corrected chi connectivity index (χ3v) is 3.06. The zero-order valence-electron chi connectivity index (χ0n) is 9.60. The van der Waals surface area contributed by atoms with Gasteiger partial charge in [-0.15, -0.1) is 0 Å². The third kappa shape index (κ3) is 1.54. The molecule has 3 rings (SSSR count). The van der Waals surface area contributed by atoms with E-state index in [9.17, 15) is 9.59 Å². The van der Waals surface area contributed by atoms with Crippen molar-refractivity contribution >= 4 is 28.5 Å². The molecule has 4 N–H and O–H groups in total. The Kier molecular flexibility index (Phi) is 2.31. The number of para-hydroxylation sites is 1. The smallest absolute Gasteiger partial charge is 0.336 e. The van der Waals surface area contributed by atoms with Crippen molar-refractivity contribution in [3.8, 4) is 0 Å². The molecule has 1 aliphatic heterocycles. The number of quaternary nitrogens is 1. The number of hydrogen-bond acceptors (Lipinski definition) is 3. The summed E-state index contributed by atoms with van der Waals surface area (Å²) in [7, 11) is 0. The summed E-state index contributed by atoms with van der Waals surface area (Å²) in [5.74, 6) is 2.66. The van der Waals surface area contributed by atoms with Crippen molar-refractivity contribution in [1.29, 1.82) is 0 Å². The number of hydrogen-bond donors (Lipinski definition) is 2. The standard InChI is InChI=1S/C12H11N3O3/c13-18-11(17)4-7-5-15-6-10(16)14-9-3-1-2-8(7)12(9)15/h1-3,5H,4,6H2,13H3/p+1. The summed E-state index contributed by atoms with van der Waals surface area (Å²) in [5, 5.41) is 3.77. The fraction of sp³-hybridized carbons (Fsp3) is 0.167. The lowest BCUT2D eigenvalue weighted by molar-refractivity contribution is -0.657. The highest BCUT2D eigenvalue weighted by molar-refractivity contribution is 6.05. The van der Waals surface area contributed by atoms with E-state index in [1.165, 1.54) is 0 Å². The van der Waals surface area contributed by atoms with Crippen LogP contribution in [0.1, 0.15) is 5.56 Å². The molecule has 0 atom stereocenters. The molecular formula is C12H12N3O3+. The average molecular weight is 246 g/mol. The molecule has 0 spiro atoms. The van der Waals surface area contributed by atoms with Crippen LogP contribution in [0.3, 0.4) is 0 Å². The van der Waals surface area contributed by atoms with Crippen molar-refractivity contribution in [2.45, 2.75) is 13.0 Å². The maximum absolute atomic E-state index is 11.5. The molecule has 92 valence electrons. The van der Waals surface area contributed by atoms with Crippen molar-refractivity contribution in [2.75, 3.05) is 5.32 Å². The summed E-state index contributed by atoms with van der Waals surface area (Å²) in [6.45, 7) is 0.271. The van der Waals surface area contributed by atoms with Crippen LogP contribution in [0.15, 0.2) is 24.4 Å². The third-order valence-electron chi connectivity index (χ3n) is 3.06. The first-order valence-corrected chi connectivity index (χ1v) is 5.54. The van der Waals surface area contributed by atoms with Gasteiger partial charge in [0, 0.05) is 11.6 Å². The number of nitrogens with one attached hydrogen (secondary N) is 1. The molecule has 0 unspecified atom stereocenters. The van der Waals surface area contributed by atoms with Gasteiger partial charge in [0.15, 0.2) is 0 Å². The van der Waals surface area contributed by atoms with E-state index in [2.05, 4.69) is 16.1 Å². The fourth-order valence-electron chi connectivity index (χ4n) is 2.35. The number of nitrogens with zero attached hydrogens (tertiary/aromatic N) is 1. The topological polar surface area (TPSA) is 88.0 Å². The van der Waals surface area contributed by atoms with E-state index < -0.39 is 5.97 Å². The molecule has 1 aromatic heterocycles. The quantitative estimate of drug-likeness (QED) is 0.721. The minimum absolute atomic E-state index is 0.0584. The predicted molar refractivity (Wildman–Crippen MR) is 63.3 cm³/mol. The van der Waals surface area contributed by atoms with E-state index in [4.69, 9.17) is 0 Å². The molecule has 2 heterocycles. The summed E-state index contributed by atoms with van der Waals surface area (Å²) >= 11 is 0. The van der Waals surface area contributed by atoms with Crippen LogP contribution in [0.2, 0.25) is 0 Å². The van der Waals surface area contributed by atoms with Gasteiger partial charge in [-0.1, -0.05) is 12.1 Å². The van der Waals surface area contributed by atoms with Gasteiger partial charge < -0.3 is 9.88 Å². The Hall–Kier alpha value is -2.34. The number of benzene rings is 1. The second-order valence-corrected chi connectivity index (χ2v) is 4.23. The maximum Gasteiger partial charge on any atom is 0.370 e. The van der Waals surface area contributed by atoms with E-state index in [1.807, 2.05) is 29.0 Å². The van der Waals surface area contributed by atoms with E-state index in [0.29, 0.717) is 0 Å². The summed E-state index contributed by atoms with van der Waals surface area (Å²) in [5.41, 5.74) is 2.57. The highest BCUT2D eigenvalue weighted by atomic mass is 16.7. The second kappa shape index (κ2) is 3.85. The molecular weight excluding hydrogens is 234 g/mol. The molecule has 6 nitrogen and oxygen atoms in total. The summed E-state index contributed by atoms with van der Waals surface area (Å²) < 4.78 is 1.86. The molecule has 0 fully saturated rings. The molecule has 0 aliphatic carbocycles. The van der Waals surface area contributed by atoms with Gasteiger partial charge in [0.2, 0.25) is 5.91 Å². The summed E-state index contributed by atoms with van der Waals surface area (Å²) in [4.78, 5) is 27.3. The van der Waals surface area contributed by atoms with Gasteiger partial charge in [-0.3, -0.25) is 9.63 Å². The van der Waals surface area contributed by atoms with Crippen LogP contribution in [0.5, 0.6) is 0 Å². The number of rotatable bonds is 2. The molecule has 0 bridgehead atoms. The molecule has 1 aromatic carbocycles. The average Bonchev–Trinajstić information content (AvgIpc) is 2.69. The Morgan fingerprint density at radius 2 is 2.33 bits per heavy atom. The van der Waals surface area contributed by atoms with Crippen molar-refractivity contribution < 1.29 is 20.3 Å². The molecule has 2 aromatic rings. The van der Waals surface area contributed by atoms with Crippen molar-refractivity contribution in [1.82, 2.24) is 4.57 Å². The van der Waals surface area contributed by atoms with E-state index in [1.54, 1.807) is 0 Å². The van der Waals surface area contributed by atoms with Crippen LogP contribution in [-0.4, -0.2) is 16.4 Å². The van der Waals surface area contributed by atoms with E-state index in [-0.39, 0.29) is 18.9 Å². The first-order chi connectivity index (χ1) is 8.69. The van der Waals surface area contributed by atoms with Gasteiger partial charge >= 0.3 is 5.97 Å². The van der Waals surface area contributed by atoms with Gasteiger partial charge in [-0.05, 0) is 11.6 Å². The Bertz CT molecular complexity index is 660. The Morgan fingerprint density at radius 3 is 3.11 bits per heavy atom. The molecule has 0 saturated carbocycles. The number of amides is 1. The van der Waals surface area contributed by atoms with E-state index in [0.717, 1.165) is 22.2 Å². The molecule has 0 saturated heterocycles. The normalized spacial score (nSPS) is 13.5. The minimum Gasteiger partial charge on any atom is -0.336 e. The number of carbonyl (C=O) groups excluding carboxylic acids is 2. The van der Waals surface area contributed by atoms with Crippen molar-refractivity contribution in [2.24, 2.45) is 0 Å². The van der Waals surface area contributed by atoms with Crippen molar-refractivity contribution in [3.63, 3.8) is 0 Å². The minimum atomic E-state index is -0.391. The molecule has 18 heavy (non-hydrogen) atoms. The van der Waals surface area contributed by atoms with Gasteiger partial charge in [-0.2, -0.15) is 5.90 Å². The van der Waals surface area contributed by atoms with Crippen LogP contribution in [-0.2, 0) is 27.4 Å². The summed E-state index contributed by atoms with van der Waals surface area (Å²) in [6.07, 6.45) is 1.98. The van der Waals surface area contributed by atoms with E-state index >= 15 is 0 Å². The predicted octanol–water partition coefficient (Wildman–Crippen LogP) is -0.164. The van der Waals surface area contributed by atoms with Crippen LogP contribution in [0.25, 0.3) is 10.9 Å². The Balaban J connectivity index is 2.16. The zero-order chi connectivity index (χ0) is 12.7. The molecule has 1 amide bonds. The monoisotopic (exact) mass is 246 g/mol. The first-order valence-electron chi connectivity index (χ1n) is 5.54. The molecule has 6 heteroatoms. The van der Waals surface area contributed by atoms with Gasteiger partial charge in [0.25, 0.3) is 0 Å². The molecule has 1 aliphatic rings. The second-order valence-electron chi connectivity index (χ2n) is 4.23. The van der Waals surface area contributed by atoms with Crippen molar-refractivity contribution in [3.05, 3.63) is 30.0 Å². The maximum atomic E-state index is 11.5. The van der Waals surface area contributed by atoms with Crippen LogP contribution in [0.4, 0.5) is 5.69 Å². The largest absolute Gasteiger partial charge is 0.370 e. The summed E-state index contributed by atoms with van der Waals surface area (Å²) in [6, 6.07) is 5.63. The molecule has 0 radical (unpaired) electrons. The van der Waals surface area contributed by atoms with Gasteiger partial charge in [-0.25, -0.2) is 4.79 Å². The lowest BCUT2D eigenvalue weighted by Crippen LogP contribution is -2.51. The lowest BCUT2D eigenvalue weighted by Gasteiger charge is -2.15. The highest BCUT2D eigenvalue weighted by Crippen LogP contribution is 2.31. The number of aromatic nitrogens is 1. The Morgan fingerprint density at radius 1 is 1.50 bits per heavy atom. The van der Waals surface area contributed by atoms with Gasteiger partial charge in [0.1, 0.15) is 6.54 Å². The lowest BCUT2D eigenvalue weighted by atomic mass is 10.1. The SMILES string of the molecule is [NH3+]OC(=O)Cc1cn2c3c(cccc13)NC(=O)C2.